The Morgan fingerprint density at radius 1 is 1.32 bits per heavy atom. The summed E-state index contributed by atoms with van der Waals surface area (Å²) in [6.07, 6.45) is 0. The van der Waals surface area contributed by atoms with Gasteiger partial charge >= 0.3 is 0 Å². The first-order chi connectivity index (χ1) is 12.1. The van der Waals surface area contributed by atoms with Crippen molar-refractivity contribution in [3.63, 3.8) is 0 Å². The van der Waals surface area contributed by atoms with Gasteiger partial charge in [0, 0.05) is 18.2 Å². The number of anilines is 1. The minimum absolute atomic E-state index is 0.180. The molecule has 1 heterocycles. The van der Waals surface area contributed by atoms with Crippen molar-refractivity contribution in [2.24, 2.45) is 0 Å². The SMILES string of the molecule is COc1ccc(CNc2c(C#N)c(Br)nn2C(CF)CF)c(OC)c1. The van der Waals surface area contributed by atoms with Gasteiger partial charge in [-0.2, -0.15) is 10.4 Å². The van der Waals surface area contributed by atoms with Gasteiger partial charge in [0.1, 0.15) is 52.9 Å². The number of hydrogen-bond donors (Lipinski definition) is 1. The molecule has 0 saturated heterocycles. The van der Waals surface area contributed by atoms with Crippen LogP contribution in [0.5, 0.6) is 11.5 Å². The van der Waals surface area contributed by atoms with Gasteiger partial charge in [0.2, 0.25) is 0 Å². The smallest absolute Gasteiger partial charge is 0.148 e. The third kappa shape index (κ3) is 4.02. The summed E-state index contributed by atoms with van der Waals surface area (Å²) in [5, 5.41) is 16.4. The number of benzene rings is 1. The lowest BCUT2D eigenvalue weighted by molar-refractivity contribution is 0.274. The minimum Gasteiger partial charge on any atom is -0.497 e. The van der Waals surface area contributed by atoms with Gasteiger partial charge in [0.15, 0.2) is 0 Å². The van der Waals surface area contributed by atoms with Gasteiger partial charge < -0.3 is 14.8 Å². The second-order valence-corrected chi connectivity index (χ2v) is 5.82. The van der Waals surface area contributed by atoms with Crippen LogP contribution in [-0.2, 0) is 6.54 Å². The highest BCUT2D eigenvalue weighted by Gasteiger charge is 2.22. The molecule has 0 amide bonds. The van der Waals surface area contributed by atoms with Crippen molar-refractivity contribution in [1.82, 2.24) is 9.78 Å². The van der Waals surface area contributed by atoms with Crippen molar-refractivity contribution in [1.29, 1.82) is 5.26 Å². The van der Waals surface area contributed by atoms with Gasteiger partial charge in [-0.3, -0.25) is 0 Å². The lowest BCUT2D eigenvalue weighted by Gasteiger charge is -2.16. The predicted molar refractivity (Wildman–Crippen MR) is 92.5 cm³/mol. The topological polar surface area (TPSA) is 72.1 Å². The average molecular weight is 415 g/mol. The van der Waals surface area contributed by atoms with E-state index in [0.717, 1.165) is 10.2 Å². The van der Waals surface area contributed by atoms with E-state index in [1.54, 1.807) is 25.3 Å². The van der Waals surface area contributed by atoms with Crippen LogP contribution in [0.2, 0.25) is 0 Å². The Balaban J connectivity index is 2.33. The standard InChI is InChI=1S/C16H17BrF2N4O2/c1-24-12-4-3-10(14(5-12)25-2)9-21-16-13(8-20)15(17)22-23(16)11(6-18)7-19/h3-5,11,21H,6-7,9H2,1-2H3. The van der Waals surface area contributed by atoms with Crippen molar-refractivity contribution in [2.75, 3.05) is 32.9 Å². The monoisotopic (exact) mass is 414 g/mol. The van der Waals surface area contributed by atoms with E-state index in [1.165, 1.54) is 7.11 Å². The van der Waals surface area contributed by atoms with Crippen molar-refractivity contribution in [3.05, 3.63) is 33.9 Å². The van der Waals surface area contributed by atoms with Gasteiger partial charge in [-0.05, 0) is 28.1 Å². The van der Waals surface area contributed by atoms with Crippen LogP contribution >= 0.6 is 15.9 Å². The lowest BCUT2D eigenvalue weighted by atomic mass is 10.2. The fourth-order valence-corrected chi connectivity index (χ4v) is 2.74. The molecule has 0 aliphatic carbocycles. The van der Waals surface area contributed by atoms with Gasteiger partial charge in [-0.1, -0.05) is 0 Å². The van der Waals surface area contributed by atoms with Crippen LogP contribution in [0, 0.1) is 11.3 Å². The molecular formula is C16H17BrF2N4O2. The molecule has 1 aromatic heterocycles. The summed E-state index contributed by atoms with van der Waals surface area (Å²) in [6, 6.07) is 6.17. The molecule has 0 aliphatic heterocycles. The summed E-state index contributed by atoms with van der Waals surface area (Å²) in [6.45, 7) is -1.60. The highest BCUT2D eigenvalue weighted by molar-refractivity contribution is 9.10. The molecule has 0 atom stereocenters. The Morgan fingerprint density at radius 2 is 2.04 bits per heavy atom. The van der Waals surface area contributed by atoms with E-state index in [1.807, 2.05) is 6.07 Å². The molecule has 0 unspecified atom stereocenters. The number of ether oxygens (including phenoxy) is 2. The number of alkyl halides is 2. The van der Waals surface area contributed by atoms with E-state index >= 15 is 0 Å². The first-order valence-corrected chi connectivity index (χ1v) is 8.13. The molecule has 0 aliphatic rings. The van der Waals surface area contributed by atoms with E-state index in [0.29, 0.717) is 11.5 Å². The summed E-state index contributed by atoms with van der Waals surface area (Å²) >= 11 is 3.15. The van der Waals surface area contributed by atoms with Crippen LogP contribution in [0.4, 0.5) is 14.6 Å². The zero-order valence-corrected chi connectivity index (χ0v) is 15.3. The number of nitrogens with zero attached hydrogens (tertiary/aromatic N) is 3. The molecule has 9 heteroatoms. The summed E-state index contributed by atoms with van der Waals surface area (Å²) in [7, 11) is 3.08. The third-order valence-electron chi connectivity index (χ3n) is 3.62. The number of halogens is 3. The van der Waals surface area contributed by atoms with Crippen LogP contribution in [0.1, 0.15) is 17.2 Å². The fraction of sp³-hybridized carbons (Fsp3) is 0.375. The molecule has 2 aromatic rings. The Morgan fingerprint density at radius 3 is 2.60 bits per heavy atom. The Labute approximate surface area is 152 Å². The second-order valence-electron chi connectivity index (χ2n) is 5.06. The third-order valence-corrected chi connectivity index (χ3v) is 4.18. The van der Waals surface area contributed by atoms with Crippen LogP contribution in [-0.4, -0.2) is 37.3 Å². The van der Waals surface area contributed by atoms with Crippen molar-refractivity contribution in [3.8, 4) is 17.6 Å². The maximum absolute atomic E-state index is 13.1. The van der Waals surface area contributed by atoms with Gasteiger partial charge in [0.25, 0.3) is 0 Å². The predicted octanol–water partition coefficient (Wildman–Crippen LogP) is 3.63. The summed E-state index contributed by atoms with van der Waals surface area (Å²) in [4.78, 5) is 0. The first kappa shape index (κ1) is 19.0. The highest BCUT2D eigenvalue weighted by atomic mass is 79.9. The van der Waals surface area contributed by atoms with Gasteiger partial charge in [0.05, 0.1) is 14.2 Å². The van der Waals surface area contributed by atoms with Crippen LogP contribution < -0.4 is 14.8 Å². The fourth-order valence-electron chi connectivity index (χ4n) is 2.29. The maximum atomic E-state index is 13.1. The molecule has 1 aromatic carbocycles. The van der Waals surface area contributed by atoms with E-state index in [2.05, 4.69) is 26.3 Å². The summed E-state index contributed by atoms with van der Waals surface area (Å²) in [5.41, 5.74) is 0.965. The zero-order chi connectivity index (χ0) is 18.4. The van der Waals surface area contributed by atoms with Gasteiger partial charge in [-0.25, -0.2) is 13.5 Å². The number of rotatable bonds is 8. The van der Waals surface area contributed by atoms with Crippen molar-refractivity contribution in [2.45, 2.75) is 12.6 Å². The van der Waals surface area contributed by atoms with Crippen LogP contribution in [0.25, 0.3) is 0 Å². The molecule has 0 fully saturated rings. The van der Waals surface area contributed by atoms with E-state index in [9.17, 15) is 14.0 Å². The maximum Gasteiger partial charge on any atom is 0.148 e. The van der Waals surface area contributed by atoms with E-state index in [-0.39, 0.29) is 22.5 Å². The Bertz CT molecular complexity index is 772. The van der Waals surface area contributed by atoms with Crippen LogP contribution in [0.3, 0.4) is 0 Å². The van der Waals surface area contributed by atoms with Crippen LogP contribution in [0.15, 0.2) is 22.8 Å². The van der Waals surface area contributed by atoms with E-state index < -0.39 is 19.4 Å². The van der Waals surface area contributed by atoms with Gasteiger partial charge in [-0.15, -0.1) is 0 Å². The summed E-state index contributed by atoms with van der Waals surface area (Å²) in [5.74, 6) is 1.47. The minimum atomic E-state index is -1.10. The molecule has 2 rings (SSSR count). The molecular weight excluding hydrogens is 398 g/mol. The normalized spacial score (nSPS) is 10.6. The highest BCUT2D eigenvalue weighted by Crippen LogP contribution is 2.30. The molecule has 0 spiro atoms. The molecule has 6 nitrogen and oxygen atoms in total. The Kier molecular flexibility index (Phi) is 6.58. The van der Waals surface area contributed by atoms with E-state index in [4.69, 9.17) is 9.47 Å². The van der Waals surface area contributed by atoms with Crippen molar-refractivity contribution < 1.29 is 18.3 Å². The number of methoxy groups -OCH3 is 2. The summed E-state index contributed by atoms with van der Waals surface area (Å²) < 4.78 is 38.0. The first-order valence-electron chi connectivity index (χ1n) is 7.34. The number of hydrogen-bond acceptors (Lipinski definition) is 5. The number of nitrogens with one attached hydrogen (secondary N) is 1. The molecule has 0 radical (unpaired) electrons. The number of nitriles is 1. The molecule has 25 heavy (non-hydrogen) atoms. The molecule has 134 valence electrons. The number of aromatic nitrogens is 2. The average Bonchev–Trinajstić information content (AvgIpc) is 2.96. The second kappa shape index (κ2) is 8.67. The quantitative estimate of drug-likeness (QED) is 0.713. The Hall–Kier alpha value is -2.34. The van der Waals surface area contributed by atoms with Crippen molar-refractivity contribution >= 4 is 21.7 Å². The largest absolute Gasteiger partial charge is 0.497 e. The molecule has 0 bridgehead atoms. The zero-order valence-electron chi connectivity index (χ0n) is 13.7. The lowest BCUT2D eigenvalue weighted by Crippen LogP contribution is -2.18. The molecule has 0 saturated carbocycles. The molecule has 1 N–H and O–H groups in total.